The maximum Gasteiger partial charge on any atom is 0.340 e. The molecule has 8 heteroatoms. The first-order valence-corrected chi connectivity index (χ1v) is 12.4. The fraction of sp³-hybridized carbons (Fsp3) is 0.280. The molecule has 4 aromatic rings. The monoisotopic (exact) mass is 527 g/mol. The lowest BCUT2D eigenvalue weighted by Crippen LogP contribution is -2.09. The number of hydrogen-bond acceptors (Lipinski definition) is 5. The molecule has 0 spiro atoms. The number of aromatic hydroxyl groups is 1. The second-order valence-electron chi connectivity index (χ2n) is 7.97. The van der Waals surface area contributed by atoms with Crippen LogP contribution in [0.5, 0.6) is 5.75 Å². The molecule has 0 saturated heterocycles. The minimum absolute atomic E-state index is 0.112. The van der Waals surface area contributed by atoms with E-state index in [1.54, 1.807) is 31.2 Å². The number of carbonyl (C=O) groups is 1. The number of imidazole rings is 1. The van der Waals surface area contributed by atoms with E-state index in [0.717, 1.165) is 11.2 Å². The number of thioether (sulfide) groups is 1. The second kappa shape index (κ2) is 9.65. The SMILES string of the molecule is CCOC(=O)c1c(CSc2ccc(C)cc2C)n(C)c2cc(Br)c(O)c(Cn3ccnc3)c12. The number of rotatable bonds is 7. The van der Waals surface area contributed by atoms with Gasteiger partial charge in [-0.25, -0.2) is 9.78 Å². The summed E-state index contributed by atoms with van der Waals surface area (Å²) in [6.45, 7) is 6.63. The van der Waals surface area contributed by atoms with Crippen molar-refractivity contribution >= 4 is 44.6 Å². The first-order valence-electron chi connectivity index (χ1n) is 10.7. The highest BCUT2D eigenvalue weighted by Crippen LogP contribution is 2.41. The van der Waals surface area contributed by atoms with Gasteiger partial charge in [0.2, 0.25) is 0 Å². The summed E-state index contributed by atoms with van der Waals surface area (Å²) in [6.07, 6.45) is 5.21. The van der Waals surface area contributed by atoms with Crippen molar-refractivity contribution in [3.8, 4) is 5.75 Å². The number of fused-ring (bicyclic) bond motifs is 1. The summed E-state index contributed by atoms with van der Waals surface area (Å²) in [6, 6.07) is 8.24. The number of ether oxygens (including phenoxy) is 1. The van der Waals surface area contributed by atoms with Crippen LogP contribution >= 0.6 is 27.7 Å². The standard InChI is InChI=1S/C25H26BrN3O3S/c1-5-32-25(31)23-20(13-33-21-7-6-15(2)10-16(21)3)28(4)19-11-18(26)24(30)17(22(19)23)12-29-9-8-27-14-29/h6-11,14,30H,5,12-13H2,1-4H3. The van der Waals surface area contributed by atoms with Gasteiger partial charge in [0.25, 0.3) is 0 Å². The lowest BCUT2D eigenvalue weighted by atomic mass is 10.0. The Bertz CT molecular complexity index is 1330. The molecule has 172 valence electrons. The van der Waals surface area contributed by atoms with Gasteiger partial charge in [-0.15, -0.1) is 11.8 Å². The van der Waals surface area contributed by atoms with Crippen molar-refractivity contribution in [2.24, 2.45) is 7.05 Å². The zero-order chi connectivity index (χ0) is 23.7. The van der Waals surface area contributed by atoms with Crippen molar-refractivity contribution in [2.75, 3.05) is 6.61 Å². The van der Waals surface area contributed by atoms with Crippen LogP contribution in [0.25, 0.3) is 10.9 Å². The number of benzene rings is 2. The minimum Gasteiger partial charge on any atom is -0.506 e. The Balaban J connectivity index is 1.89. The van der Waals surface area contributed by atoms with Crippen LogP contribution < -0.4 is 0 Å². The van der Waals surface area contributed by atoms with Gasteiger partial charge >= 0.3 is 5.97 Å². The van der Waals surface area contributed by atoms with E-state index in [4.69, 9.17) is 4.74 Å². The Morgan fingerprint density at radius 1 is 1.27 bits per heavy atom. The van der Waals surface area contributed by atoms with Crippen LogP contribution in [0.3, 0.4) is 0 Å². The molecule has 0 fully saturated rings. The third kappa shape index (κ3) is 4.54. The topological polar surface area (TPSA) is 69.3 Å². The van der Waals surface area contributed by atoms with Crippen LogP contribution in [-0.2, 0) is 24.1 Å². The van der Waals surface area contributed by atoms with Crippen LogP contribution in [0.15, 0.2) is 52.4 Å². The summed E-state index contributed by atoms with van der Waals surface area (Å²) in [5.74, 6) is 0.320. The van der Waals surface area contributed by atoms with E-state index in [2.05, 4.69) is 53.0 Å². The van der Waals surface area contributed by atoms with E-state index in [0.29, 0.717) is 33.3 Å². The number of aryl methyl sites for hydroxylation is 3. The molecule has 1 N–H and O–H groups in total. The summed E-state index contributed by atoms with van der Waals surface area (Å²) in [7, 11) is 1.95. The van der Waals surface area contributed by atoms with Gasteiger partial charge in [0.15, 0.2) is 0 Å². The highest BCUT2D eigenvalue weighted by Gasteiger charge is 2.27. The van der Waals surface area contributed by atoms with E-state index in [-0.39, 0.29) is 18.3 Å². The Morgan fingerprint density at radius 3 is 2.73 bits per heavy atom. The predicted octanol–water partition coefficient (Wildman–Crippen LogP) is 5.98. The average Bonchev–Trinajstić information content (AvgIpc) is 3.37. The van der Waals surface area contributed by atoms with Gasteiger partial charge in [0.1, 0.15) is 5.75 Å². The lowest BCUT2D eigenvalue weighted by Gasteiger charge is -2.12. The van der Waals surface area contributed by atoms with E-state index < -0.39 is 0 Å². The molecule has 6 nitrogen and oxygen atoms in total. The number of esters is 1. The third-order valence-electron chi connectivity index (χ3n) is 5.71. The largest absolute Gasteiger partial charge is 0.506 e. The fourth-order valence-corrected chi connectivity index (χ4v) is 5.63. The Morgan fingerprint density at radius 2 is 2.06 bits per heavy atom. The summed E-state index contributed by atoms with van der Waals surface area (Å²) in [4.78, 5) is 18.5. The van der Waals surface area contributed by atoms with Gasteiger partial charge in [-0.3, -0.25) is 0 Å². The van der Waals surface area contributed by atoms with Crippen molar-refractivity contribution in [3.05, 3.63) is 75.4 Å². The number of nitrogens with zero attached hydrogens (tertiary/aromatic N) is 3. The van der Waals surface area contributed by atoms with Crippen molar-refractivity contribution in [1.82, 2.24) is 14.1 Å². The van der Waals surface area contributed by atoms with Gasteiger partial charge < -0.3 is 19.0 Å². The second-order valence-corrected chi connectivity index (χ2v) is 9.85. The van der Waals surface area contributed by atoms with Crippen molar-refractivity contribution < 1.29 is 14.6 Å². The Labute approximate surface area is 205 Å². The van der Waals surface area contributed by atoms with Gasteiger partial charge in [-0.1, -0.05) is 17.7 Å². The molecule has 2 aromatic carbocycles. The molecule has 0 unspecified atom stereocenters. The molecule has 0 aliphatic carbocycles. The number of phenols is 1. The summed E-state index contributed by atoms with van der Waals surface area (Å²) < 4.78 is 9.94. The number of aromatic nitrogens is 3. The maximum absolute atomic E-state index is 13.2. The van der Waals surface area contributed by atoms with E-state index in [9.17, 15) is 9.90 Å². The van der Waals surface area contributed by atoms with Crippen LogP contribution in [0.4, 0.5) is 0 Å². The van der Waals surface area contributed by atoms with Crippen molar-refractivity contribution in [1.29, 1.82) is 0 Å². The highest BCUT2D eigenvalue weighted by atomic mass is 79.9. The third-order valence-corrected chi connectivity index (χ3v) is 7.50. The Hall–Kier alpha value is -2.71. The van der Waals surface area contributed by atoms with Crippen LogP contribution in [-0.4, -0.2) is 31.8 Å². The molecule has 2 heterocycles. The van der Waals surface area contributed by atoms with Gasteiger partial charge in [0, 0.05) is 46.7 Å². The molecule has 4 rings (SSSR count). The lowest BCUT2D eigenvalue weighted by molar-refractivity contribution is 0.0527. The van der Waals surface area contributed by atoms with Crippen molar-refractivity contribution in [2.45, 2.75) is 38.0 Å². The highest BCUT2D eigenvalue weighted by molar-refractivity contribution is 9.10. The Kier molecular flexibility index (Phi) is 6.86. The predicted molar refractivity (Wildman–Crippen MR) is 135 cm³/mol. The average molecular weight is 528 g/mol. The fourth-order valence-electron chi connectivity index (χ4n) is 4.09. The first kappa shape index (κ1) is 23.4. The molecule has 2 aromatic heterocycles. The summed E-state index contributed by atoms with van der Waals surface area (Å²) >= 11 is 5.18. The summed E-state index contributed by atoms with van der Waals surface area (Å²) in [5.41, 5.74) is 5.30. The molecule has 33 heavy (non-hydrogen) atoms. The maximum atomic E-state index is 13.2. The number of phenolic OH excluding ortho intramolecular Hbond substituents is 1. The number of carbonyl (C=O) groups excluding carboxylic acids is 1. The number of hydrogen-bond donors (Lipinski definition) is 1. The molecule has 0 radical (unpaired) electrons. The normalized spacial score (nSPS) is 11.3. The van der Waals surface area contributed by atoms with Gasteiger partial charge in [0.05, 0.1) is 35.0 Å². The molecule has 0 aliphatic heterocycles. The zero-order valence-corrected chi connectivity index (χ0v) is 21.5. The van der Waals surface area contributed by atoms with Crippen molar-refractivity contribution in [3.63, 3.8) is 0 Å². The zero-order valence-electron chi connectivity index (χ0n) is 19.1. The van der Waals surface area contributed by atoms with Gasteiger partial charge in [-0.2, -0.15) is 0 Å². The molecular formula is C25H26BrN3O3S. The van der Waals surface area contributed by atoms with Gasteiger partial charge in [-0.05, 0) is 54.4 Å². The van der Waals surface area contributed by atoms with Crippen LogP contribution in [0.1, 0.15) is 39.7 Å². The van der Waals surface area contributed by atoms with Crippen LogP contribution in [0.2, 0.25) is 0 Å². The van der Waals surface area contributed by atoms with E-state index in [1.807, 2.05) is 28.4 Å². The number of halogens is 1. The minimum atomic E-state index is -0.382. The summed E-state index contributed by atoms with van der Waals surface area (Å²) in [5, 5.41) is 11.7. The molecular weight excluding hydrogens is 502 g/mol. The molecule has 0 amide bonds. The molecule has 0 atom stereocenters. The van der Waals surface area contributed by atoms with E-state index in [1.165, 1.54) is 16.0 Å². The molecule has 0 saturated carbocycles. The van der Waals surface area contributed by atoms with E-state index >= 15 is 0 Å². The molecule has 0 aliphatic rings. The first-order chi connectivity index (χ1) is 15.8. The van der Waals surface area contributed by atoms with Crippen LogP contribution in [0, 0.1) is 13.8 Å². The molecule has 0 bridgehead atoms. The quantitative estimate of drug-likeness (QED) is 0.236. The smallest absolute Gasteiger partial charge is 0.340 e.